The third kappa shape index (κ3) is 3.56. The lowest BCUT2D eigenvalue weighted by atomic mass is 10.2. The van der Waals surface area contributed by atoms with E-state index in [9.17, 15) is 0 Å². The second-order valence-corrected chi connectivity index (χ2v) is 2.06. The van der Waals surface area contributed by atoms with Crippen LogP contribution in [0.1, 0.15) is 25.0 Å². The maximum absolute atomic E-state index is 6.89. The Morgan fingerprint density at radius 2 is 1.55 bits per heavy atom. The summed E-state index contributed by atoms with van der Waals surface area (Å²) in [5.41, 5.74) is 2.20. The first kappa shape index (κ1) is 9.89. The molecule has 1 nitrogen and oxygen atoms in total. The zero-order valence-corrected chi connectivity index (χ0v) is 7.39. The summed E-state index contributed by atoms with van der Waals surface area (Å²) >= 11 is 0. The smallest absolute Gasteiger partial charge is 0.0250 e. The summed E-state index contributed by atoms with van der Waals surface area (Å²) in [7, 11) is 0. The lowest BCUT2D eigenvalue weighted by molar-refractivity contribution is 1.45. The van der Waals surface area contributed by atoms with E-state index in [0.717, 1.165) is 5.56 Å². The predicted octanol–water partition coefficient (Wildman–Crippen LogP) is 3.02. The first-order valence-corrected chi connectivity index (χ1v) is 3.90. The van der Waals surface area contributed by atoms with E-state index < -0.39 is 0 Å². The summed E-state index contributed by atoms with van der Waals surface area (Å²) in [6, 6.07) is 7.87. The molecule has 0 atom stereocenters. The summed E-state index contributed by atoms with van der Waals surface area (Å²) in [6.45, 7) is 6.04. The van der Waals surface area contributed by atoms with E-state index in [2.05, 4.69) is 0 Å². The molecule has 1 aromatic rings. The maximum Gasteiger partial charge on any atom is 0.0250 e. The molecule has 0 aromatic heterocycles. The van der Waals surface area contributed by atoms with Crippen molar-refractivity contribution in [2.24, 2.45) is 0 Å². The van der Waals surface area contributed by atoms with E-state index >= 15 is 0 Å². The highest BCUT2D eigenvalue weighted by atomic mass is 14.3. The number of hydrogen-bond acceptors (Lipinski definition) is 1. The van der Waals surface area contributed by atoms with Crippen LogP contribution in [0.4, 0.5) is 0 Å². The van der Waals surface area contributed by atoms with Crippen LogP contribution in [0.2, 0.25) is 0 Å². The van der Waals surface area contributed by atoms with Crippen molar-refractivity contribution < 1.29 is 0 Å². The topological polar surface area (TPSA) is 23.9 Å². The van der Waals surface area contributed by atoms with Gasteiger partial charge in [-0.15, -0.1) is 0 Å². The molecule has 0 saturated heterocycles. The molecule has 0 amide bonds. The van der Waals surface area contributed by atoms with Gasteiger partial charge >= 0.3 is 0 Å². The number of benzene rings is 1. The molecule has 0 heterocycles. The lowest BCUT2D eigenvalue weighted by Crippen LogP contribution is -1.77. The Morgan fingerprint density at radius 3 is 1.91 bits per heavy atom. The minimum absolute atomic E-state index is 0.959. The van der Waals surface area contributed by atoms with Gasteiger partial charge in [0.05, 0.1) is 0 Å². The van der Waals surface area contributed by atoms with Crippen LogP contribution in [-0.4, -0.2) is 6.21 Å². The normalized spacial score (nSPS) is 7.91. The molecule has 1 rings (SSSR count). The van der Waals surface area contributed by atoms with Crippen molar-refractivity contribution in [1.82, 2.24) is 0 Å². The van der Waals surface area contributed by atoms with Crippen molar-refractivity contribution in [3.8, 4) is 0 Å². The molecule has 60 valence electrons. The highest BCUT2D eigenvalue weighted by molar-refractivity contribution is 5.76. The van der Waals surface area contributed by atoms with Crippen molar-refractivity contribution in [3.63, 3.8) is 0 Å². The maximum atomic E-state index is 6.89. The van der Waals surface area contributed by atoms with E-state index in [0.29, 0.717) is 0 Å². The van der Waals surface area contributed by atoms with Gasteiger partial charge in [-0.25, -0.2) is 0 Å². The molecule has 0 radical (unpaired) electrons. The van der Waals surface area contributed by atoms with Gasteiger partial charge in [-0.1, -0.05) is 43.7 Å². The van der Waals surface area contributed by atoms with Gasteiger partial charge < -0.3 is 5.41 Å². The molecular weight excluding hydrogens is 134 g/mol. The SMILES string of the molecule is CC.Cc1ccc(C=N)cc1. The molecule has 1 heteroatoms. The van der Waals surface area contributed by atoms with Crippen molar-refractivity contribution >= 4 is 6.21 Å². The van der Waals surface area contributed by atoms with E-state index in [4.69, 9.17) is 5.41 Å². The quantitative estimate of drug-likeness (QED) is 0.593. The highest BCUT2D eigenvalue weighted by Gasteiger charge is 1.83. The van der Waals surface area contributed by atoms with Gasteiger partial charge in [0.2, 0.25) is 0 Å². The second-order valence-electron chi connectivity index (χ2n) is 2.06. The van der Waals surface area contributed by atoms with Crippen LogP contribution in [0.25, 0.3) is 0 Å². The fourth-order valence-electron chi connectivity index (χ4n) is 0.663. The number of aryl methyl sites for hydroxylation is 1. The molecular formula is C10H15N. The zero-order valence-electron chi connectivity index (χ0n) is 7.39. The molecule has 0 aliphatic carbocycles. The van der Waals surface area contributed by atoms with E-state index in [1.807, 2.05) is 45.0 Å². The van der Waals surface area contributed by atoms with Crippen LogP contribution in [0.5, 0.6) is 0 Å². The third-order valence-electron chi connectivity index (χ3n) is 1.24. The fraction of sp³-hybridized carbons (Fsp3) is 0.300. The van der Waals surface area contributed by atoms with Crippen molar-refractivity contribution in [2.75, 3.05) is 0 Å². The molecule has 0 bridgehead atoms. The Morgan fingerprint density at radius 1 is 1.09 bits per heavy atom. The average Bonchev–Trinajstić information content (AvgIpc) is 2.10. The average molecular weight is 149 g/mol. The molecule has 0 aliphatic rings. The van der Waals surface area contributed by atoms with Crippen LogP contribution in [0.15, 0.2) is 24.3 Å². The molecule has 0 unspecified atom stereocenters. The Labute approximate surface area is 68.6 Å². The van der Waals surface area contributed by atoms with Crippen LogP contribution in [-0.2, 0) is 0 Å². The van der Waals surface area contributed by atoms with E-state index in [1.165, 1.54) is 11.8 Å². The van der Waals surface area contributed by atoms with Crippen LogP contribution in [0, 0.1) is 12.3 Å². The Kier molecular flexibility index (Phi) is 5.09. The highest BCUT2D eigenvalue weighted by Crippen LogP contribution is 1.98. The van der Waals surface area contributed by atoms with Gasteiger partial charge in [-0.3, -0.25) is 0 Å². The molecule has 11 heavy (non-hydrogen) atoms. The molecule has 0 spiro atoms. The summed E-state index contributed by atoms with van der Waals surface area (Å²) in [6.07, 6.45) is 1.35. The largest absolute Gasteiger partial charge is 0.308 e. The summed E-state index contributed by atoms with van der Waals surface area (Å²) in [5.74, 6) is 0. The summed E-state index contributed by atoms with van der Waals surface area (Å²) in [5, 5.41) is 6.89. The third-order valence-corrected chi connectivity index (χ3v) is 1.24. The zero-order chi connectivity index (χ0) is 8.69. The van der Waals surface area contributed by atoms with Gasteiger partial charge in [0, 0.05) is 6.21 Å². The number of rotatable bonds is 1. The lowest BCUT2D eigenvalue weighted by Gasteiger charge is -1.90. The fourth-order valence-corrected chi connectivity index (χ4v) is 0.663. The molecule has 1 aromatic carbocycles. The Hall–Kier alpha value is -1.11. The monoisotopic (exact) mass is 149 g/mol. The first-order valence-electron chi connectivity index (χ1n) is 3.90. The van der Waals surface area contributed by atoms with Crippen molar-refractivity contribution in [3.05, 3.63) is 35.4 Å². The minimum Gasteiger partial charge on any atom is -0.308 e. The minimum atomic E-state index is 0.959. The van der Waals surface area contributed by atoms with Gasteiger partial charge in [0.15, 0.2) is 0 Å². The first-order chi connectivity index (χ1) is 5.33. The van der Waals surface area contributed by atoms with Gasteiger partial charge in [0.25, 0.3) is 0 Å². The molecule has 0 saturated carbocycles. The number of hydrogen-bond donors (Lipinski definition) is 1. The van der Waals surface area contributed by atoms with Gasteiger partial charge in [0.1, 0.15) is 0 Å². The van der Waals surface area contributed by atoms with E-state index in [1.54, 1.807) is 0 Å². The van der Waals surface area contributed by atoms with Crippen LogP contribution >= 0.6 is 0 Å². The van der Waals surface area contributed by atoms with Crippen molar-refractivity contribution in [1.29, 1.82) is 5.41 Å². The molecule has 1 N–H and O–H groups in total. The van der Waals surface area contributed by atoms with Gasteiger partial charge in [-0.2, -0.15) is 0 Å². The summed E-state index contributed by atoms with van der Waals surface area (Å²) < 4.78 is 0. The van der Waals surface area contributed by atoms with Crippen LogP contribution in [0.3, 0.4) is 0 Å². The standard InChI is InChI=1S/C8H9N.C2H6/c1-7-2-4-8(6-9)5-3-7;1-2/h2-6,9H,1H3;1-2H3. The van der Waals surface area contributed by atoms with Gasteiger partial charge in [-0.05, 0) is 12.5 Å². The van der Waals surface area contributed by atoms with Crippen molar-refractivity contribution in [2.45, 2.75) is 20.8 Å². The Bertz CT molecular complexity index is 199. The van der Waals surface area contributed by atoms with Crippen LogP contribution < -0.4 is 0 Å². The Balaban J connectivity index is 0.000000461. The second kappa shape index (κ2) is 5.66. The van der Waals surface area contributed by atoms with E-state index in [-0.39, 0.29) is 0 Å². The molecule has 0 aliphatic heterocycles. The number of nitrogens with one attached hydrogen (secondary N) is 1. The predicted molar refractivity (Wildman–Crippen MR) is 50.4 cm³/mol. The molecule has 0 fully saturated rings. The summed E-state index contributed by atoms with van der Waals surface area (Å²) in [4.78, 5) is 0.